The molecule has 0 saturated carbocycles. The maximum atomic E-state index is 12.5. The Kier molecular flexibility index (Phi) is 5.82. The molecular formula is C16H26N2O4S. The predicted molar refractivity (Wildman–Crippen MR) is 89.6 cm³/mol. The molecule has 0 heterocycles. The summed E-state index contributed by atoms with van der Waals surface area (Å²) >= 11 is 0. The highest BCUT2D eigenvalue weighted by Crippen LogP contribution is 2.18. The van der Waals surface area contributed by atoms with Gasteiger partial charge >= 0.3 is 6.09 Å². The van der Waals surface area contributed by atoms with Gasteiger partial charge in [-0.1, -0.05) is 18.2 Å². The van der Waals surface area contributed by atoms with E-state index in [-0.39, 0.29) is 11.4 Å². The van der Waals surface area contributed by atoms with Crippen LogP contribution in [0.4, 0.5) is 4.79 Å². The fraction of sp³-hybridized carbons (Fsp3) is 0.562. The monoisotopic (exact) mass is 342 g/mol. The van der Waals surface area contributed by atoms with Crippen molar-refractivity contribution in [3.8, 4) is 0 Å². The molecule has 0 aliphatic carbocycles. The molecule has 0 unspecified atom stereocenters. The standard InChI is InChI=1S/C16H26N2O4S/c1-15(2,3)18-23(20,21)13-10-8-7-9-12(13)11-17-14(19)22-16(4,5)6/h7-10,18H,11H2,1-6H3,(H,17,19). The number of benzene rings is 1. The van der Waals surface area contributed by atoms with Gasteiger partial charge in [0.2, 0.25) is 10.0 Å². The van der Waals surface area contributed by atoms with E-state index >= 15 is 0 Å². The summed E-state index contributed by atoms with van der Waals surface area (Å²) in [7, 11) is -3.67. The lowest BCUT2D eigenvalue weighted by Gasteiger charge is -2.22. The third-order valence-electron chi connectivity index (χ3n) is 2.52. The number of carbonyl (C=O) groups is 1. The van der Waals surface area contributed by atoms with E-state index in [0.717, 1.165) is 0 Å². The molecule has 1 amide bonds. The molecule has 1 aromatic carbocycles. The SMILES string of the molecule is CC(C)(C)NS(=O)(=O)c1ccccc1CNC(=O)OC(C)(C)C. The average Bonchev–Trinajstić information content (AvgIpc) is 2.31. The number of carbonyl (C=O) groups excluding carboxylic acids is 1. The van der Waals surface area contributed by atoms with E-state index < -0.39 is 27.3 Å². The summed E-state index contributed by atoms with van der Waals surface area (Å²) < 4.78 is 32.7. The van der Waals surface area contributed by atoms with Crippen LogP contribution < -0.4 is 10.0 Å². The Hall–Kier alpha value is -1.60. The Morgan fingerprint density at radius 2 is 1.65 bits per heavy atom. The van der Waals surface area contributed by atoms with Crippen molar-refractivity contribution < 1.29 is 17.9 Å². The first-order valence-electron chi connectivity index (χ1n) is 7.39. The third-order valence-corrected chi connectivity index (χ3v) is 4.38. The Bertz CT molecular complexity index is 655. The molecule has 0 radical (unpaired) electrons. The number of sulfonamides is 1. The summed E-state index contributed by atoms with van der Waals surface area (Å²) in [5.74, 6) is 0. The molecule has 1 rings (SSSR count). The van der Waals surface area contributed by atoms with Gasteiger partial charge < -0.3 is 10.1 Å². The Labute approximate surface area is 138 Å². The van der Waals surface area contributed by atoms with Crippen molar-refractivity contribution in [3.05, 3.63) is 29.8 Å². The summed E-state index contributed by atoms with van der Waals surface area (Å²) in [6, 6.07) is 6.55. The van der Waals surface area contributed by atoms with Crippen LogP contribution in [0.15, 0.2) is 29.2 Å². The van der Waals surface area contributed by atoms with Gasteiger partial charge in [0, 0.05) is 12.1 Å². The molecule has 0 aliphatic heterocycles. The van der Waals surface area contributed by atoms with Gasteiger partial charge in [-0.3, -0.25) is 0 Å². The quantitative estimate of drug-likeness (QED) is 0.881. The molecule has 1 aromatic rings. The molecule has 130 valence electrons. The first-order valence-corrected chi connectivity index (χ1v) is 8.87. The number of ether oxygens (including phenoxy) is 1. The van der Waals surface area contributed by atoms with E-state index in [9.17, 15) is 13.2 Å². The van der Waals surface area contributed by atoms with E-state index in [1.54, 1.807) is 59.7 Å². The summed E-state index contributed by atoms with van der Waals surface area (Å²) in [5, 5.41) is 2.58. The minimum Gasteiger partial charge on any atom is -0.444 e. The van der Waals surface area contributed by atoms with Crippen LogP contribution in [0.3, 0.4) is 0 Å². The molecule has 0 fully saturated rings. The van der Waals surface area contributed by atoms with Crippen molar-refractivity contribution in [2.45, 2.75) is 64.1 Å². The van der Waals surface area contributed by atoms with Crippen LogP contribution in [-0.4, -0.2) is 25.7 Å². The van der Waals surface area contributed by atoms with Crippen molar-refractivity contribution >= 4 is 16.1 Å². The number of hydrogen-bond acceptors (Lipinski definition) is 4. The van der Waals surface area contributed by atoms with Gasteiger partial charge in [-0.05, 0) is 53.2 Å². The van der Waals surface area contributed by atoms with Crippen LogP contribution >= 0.6 is 0 Å². The van der Waals surface area contributed by atoms with Crippen LogP contribution in [0, 0.1) is 0 Å². The van der Waals surface area contributed by atoms with Gasteiger partial charge in [-0.25, -0.2) is 17.9 Å². The fourth-order valence-corrected chi connectivity index (χ4v) is 3.51. The van der Waals surface area contributed by atoms with E-state index in [0.29, 0.717) is 5.56 Å². The zero-order valence-corrected chi connectivity index (χ0v) is 15.4. The summed E-state index contributed by atoms with van der Waals surface area (Å²) in [6.45, 7) is 10.7. The fourth-order valence-electron chi connectivity index (χ4n) is 1.85. The maximum Gasteiger partial charge on any atom is 0.407 e. The van der Waals surface area contributed by atoms with E-state index in [2.05, 4.69) is 10.0 Å². The van der Waals surface area contributed by atoms with E-state index in [1.807, 2.05) is 0 Å². The molecule has 0 aromatic heterocycles. The highest BCUT2D eigenvalue weighted by molar-refractivity contribution is 7.89. The van der Waals surface area contributed by atoms with Crippen molar-refractivity contribution in [3.63, 3.8) is 0 Å². The van der Waals surface area contributed by atoms with Gasteiger partial charge in [-0.15, -0.1) is 0 Å². The van der Waals surface area contributed by atoms with Gasteiger partial charge in [0.15, 0.2) is 0 Å². The highest BCUT2D eigenvalue weighted by Gasteiger charge is 2.24. The molecule has 0 aliphatic rings. The largest absolute Gasteiger partial charge is 0.444 e. The van der Waals surface area contributed by atoms with E-state index in [1.165, 1.54) is 6.07 Å². The minimum atomic E-state index is -3.67. The predicted octanol–water partition coefficient (Wildman–Crippen LogP) is 2.79. The minimum absolute atomic E-state index is 0.0656. The second-order valence-corrected chi connectivity index (χ2v) is 8.97. The molecule has 2 N–H and O–H groups in total. The van der Waals surface area contributed by atoms with Gasteiger partial charge in [0.05, 0.1) is 4.90 Å². The highest BCUT2D eigenvalue weighted by atomic mass is 32.2. The van der Waals surface area contributed by atoms with Crippen LogP contribution in [0.1, 0.15) is 47.1 Å². The van der Waals surface area contributed by atoms with Gasteiger partial charge in [0.1, 0.15) is 5.60 Å². The van der Waals surface area contributed by atoms with Crippen LogP contribution in [0.2, 0.25) is 0 Å². The number of rotatable bonds is 4. The smallest absolute Gasteiger partial charge is 0.407 e. The molecule has 0 atom stereocenters. The van der Waals surface area contributed by atoms with Gasteiger partial charge in [-0.2, -0.15) is 0 Å². The molecule has 0 spiro atoms. The average molecular weight is 342 g/mol. The number of alkyl carbamates (subject to hydrolysis) is 1. The van der Waals surface area contributed by atoms with Crippen LogP contribution in [-0.2, 0) is 21.3 Å². The molecule has 6 nitrogen and oxygen atoms in total. The number of amides is 1. The molecule has 23 heavy (non-hydrogen) atoms. The van der Waals surface area contributed by atoms with Crippen LogP contribution in [0.5, 0.6) is 0 Å². The summed E-state index contributed by atoms with van der Waals surface area (Å²) in [6.07, 6.45) is -0.589. The lowest BCUT2D eigenvalue weighted by molar-refractivity contribution is 0.0523. The molecule has 0 saturated heterocycles. The second kappa shape index (κ2) is 6.88. The topological polar surface area (TPSA) is 84.5 Å². The van der Waals surface area contributed by atoms with Crippen molar-refractivity contribution in [2.24, 2.45) is 0 Å². The lowest BCUT2D eigenvalue weighted by atomic mass is 10.1. The van der Waals surface area contributed by atoms with Crippen molar-refractivity contribution in [1.29, 1.82) is 0 Å². The molecule has 7 heteroatoms. The normalized spacial score (nSPS) is 12.8. The van der Waals surface area contributed by atoms with E-state index in [4.69, 9.17) is 4.74 Å². The Morgan fingerprint density at radius 3 is 2.17 bits per heavy atom. The molecule has 0 bridgehead atoms. The Balaban J connectivity index is 2.93. The first-order chi connectivity index (χ1) is 10.3. The third kappa shape index (κ3) is 7.00. The first kappa shape index (κ1) is 19.4. The number of hydrogen-bond donors (Lipinski definition) is 2. The van der Waals surface area contributed by atoms with Gasteiger partial charge in [0.25, 0.3) is 0 Å². The maximum absolute atomic E-state index is 12.5. The zero-order valence-electron chi connectivity index (χ0n) is 14.6. The summed E-state index contributed by atoms with van der Waals surface area (Å²) in [4.78, 5) is 11.9. The lowest BCUT2D eigenvalue weighted by Crippen LogP contribution is -2.41. The van der Waals surface area contributed by atoms with Crippen molar-refractivity contribution in [2.75, 3.05) is 0 Å². The van der Waals surface area contributed by atoms with Crippen LogP contribution in [0.25, 0.3) is 0 Å². The Morgan fingerprint density at radius 1 is 1.09 bits per heavy atom. The zero-order chi connectivity index (χ0) is 17.9. The molecular weight excluding hydrogens is 316 g/mol. The summed E-state index contributed by atoms with van der Waals surface area (Å²) in [5.41, 5.74) is -0.705. The number of nitrogens with one attached hydrogen (secondary N) is 2. The second-order valence-electron chi connectivity index (χ2n) is 7.32. The van der Waals surface area contributed by atoms with Crippen molar-refractivity contribution in [1.82, 2.24) is 10.0 Å².